The van der Waals surface area contributed by atoms with E-state index in [1.807, 2.05) is 49.4 Å². The molecule has 0 spiro atoms. The van der Waals surface area contributed by atoms with Gasteiger partial charge in [-0.2, -0.15) is 0 Å². The molecule has 1 saturated carbocycles. The van der Waals surface area contributed by atoms with Crippen LogP contribution in [0.15, 0.2) is 54.6 Å². The third kappa shape index (κ3) is 6.37. The van der Waals surface area contributed by atoms with Crippen molar-refractivity contribution in [1.29, 1.82) is 0 Å². The van der Waals surface area contributed by atoms with Crippen molar-refractivity contribution in [1.82, 2.24) is 16.0 Å². The SMILES string of the molecule is COc1ccc(CC(NC(=O)C2(CO)CCCN2)C(=O)NC(Cc2ccccc2)C(=O)C2(C)CC2)cc1. The Hall–Kier alpha value is -3.23. The number of nitrogens with one attached hydrogen (secondary N) is 3. The summed E-state index contributed by atoms with van der Waals surface area (Å²) in [6, 6.07) is 15.3. The smallest absolute Gasteiger partial charge is 0.243 e. The maximum atomic E-state index is 13.7. The van der Waals surface area contributed by atoms with Crippen LogP contribution in [0.3, 0.4) is 0 Å². The van der Waals surface area contributed by atoms with Crippen LogP contribution in [0.5, 0.6) is 5.75 Å². The molecule has 1 aliphatic heterocycles. The van der Waals surface area contributed by atoms with Gasteiger partial charge in [0, 0.05) is 11.8 Å². The van der Waals surface area contributed by atoms with Crippen LogP contribution in [0.2, 0.25) is 0 Å². The first kappa shape index (κ1) is 26.8. The van der Waals surface area contributed by atoms with Gasteiger partial charge in [0.15, 0.2) is 5.78 Å². The summed E-state index contributed by atoms with van der Waals surface area (Å²) < 4.78 is 5.23. The van der Waals surface area contributed by atoms with Gasteiger partial charge in [-0.1, -0.05) is 49.4 Å². The second-order valence-corrected chi connectivity index (χ2v) is 10.5. The number of aliphatic hydroxyl groups excluding tert-OH is 1. The first-order valence-electron chi connectivity index (χ1n) is 13.0. The van der Waals surface area contributed by atoms with Crippen molar-refractivity contribution in [2.75, 3.05) is 20.3 Å². The molecule has 2 fully saturated rings. The molecule has 8 nitrogen and oxygen atoms in total. The Morgan fingerprint density at radius 1 is 0.946 bits per heavy atom. The molecule has 3 atom stereocenters. The van der Waals surface area contributed by atoms with Gasteiger partial charge < -0.3 is 25.8 Å². The molecule has 1 heterocycles. The van der Waals surface area contributed by atoms with Gasteiger partial charge in [-0.15, -0.1) is 0 Å². The Balaban J connectivity index is 1.56. The highest BCUT2D eigenvalue weighted by molar-refractivity contribution is 5.97. The predicted molar refractivity (Wildman–Crippen MR) is 140 cm³/mol. The predicted octanol–water partition coefficient (Wildman–Crippen LogP) is 1.93. The Kier molecular flexibility index (Phi) is 8.29. The summed E-state index contributed by atoms with van der Waals surface area (Å²) >= 11 is 0. The lowest BCUT2D eigenvalue weighted by Crippen LogP contribution is -2.61. The van der Waals surface area contributed by atoms with Crippen LogP contribution in [0.4, 0.5) is 0 Å². The highest BCUT2D eigenvalue weighted by Gasteiger charge is 2.48. The number of ether oxygens (including phenoxy) is 1. The summed E-state index contributed by atoms with van der Waals surface area (Å²) in [6.07, 6.45) is 3.47. The van der Waals surface area contributed by atoms with Gasteiger partial charge in [0.05, 0.1) is 19.8 Å². The molecule has 2 aromatic rings. The van der Waals surface area contributed by atoms with E-state index in [1.165, 1.54) is 0 Å². The number of methoxy groups -OCH3 is 1. The van der Waals surface area contributed by atoms with Crippen molar-refractivity contribution >= 4 is 17.6 Å². The highest BCUT2D eigenvalue weighted by atomic mass is 16.5. The minimum atomic E-state index is -1.11. The quantitative estimate of drug-likeness (QED) is 0.349. The van der Waals surface area contributed by atoms with Crippen molar-refractivity contribution in [3.05, 3.63) is 65.7 Å². The number of carbonyl (C=O) groups is 3. The third-order valence-corrected chi connectivity index (χ3v) is 7.68. The van der Waals surface area contributed by atoms with Crippen LogP contribution < -0.4 is 20.7 Å². The summed E-state index contributed by atoms with van der Waals surface area (Å²) in [5, 5.41) is 18.9. The Labute approximate surface area is 218 Å². The van der Waals surface area contributed by atoms with Crippen molar-refractivity contribution in [2.24, 2.45) is 5.41 Å². The van der Waals surface area contributed by atoms with E-state index < -0.39 is 34.9 Å². The van der Waals surface area contributed by atoms with Gasteiger partial charge >= 0.3 is 0 Å². The van der Waals surface area contributed by atoms with Gasteiger partial charge in [-0.3, -0.25) is 14.4 Å². The lowest BCUT2D eigenvalue weighted by atomic mass is 9.91. The zero-order valence-electron chi connectivity index (χ0n) is 21.6. The van der Waals surface area contributed by atoms with E-state index >= 15 is 0 Å². The normalized spacial score (nSPS) is 21.5. The highest BCUT2D eigenvalue weighted by Crippen LogP contribution is 2.46. The lowest BCUT2D eigenvalue weighted by Gasteiger charge is -2.30. The lowest BCUT2D eigenvalue weighted by molar-refractivity contribution is -0.135. The number of hydrogen-bond donors (Lipinski definition) is 4. The van der Waals surface area contributed by atoms with Gasteiger partial charge in [0.1, 0.15) is 17.3 Å². The standard InChI is InChI=1S/C29H37N3O5/c1-28(14-15-28)25(34)23(17-20-7-4-3-5-8-20)31-26(35)24(18-21-9-11-22(37-2)12-10-21)32-27(36)29(19-33)13-6-16-30-29/h3-5,7-12,23-24,30,33H,6,13-19H2,1-2H3,(H,31,35)(H,32,36). The van der Waals surface area contributed by atoms with E-state index in [1.54, 1.807) is 19.2 Å². The van der Waals surface area contributed by atoms with E-state index in [2.05, 4.69) is 16.0 Å². The number of hydrogen-bond acceptors (Lipinski definition) is 6. The number of benzene rings is 2. The van der Waals surface area contributed by atoms with Crippen LogP contribution in [0.1, 0.15) is 43.7 Å². The van der Waals surface area contributed by atoms with Crippen LogP contribution in [0.25, 0.3) is 0 Å². The maximum absolute atomic E-state index is 13.7. The molecule has 37 heavy (non-hydrogen) atoms. The molecule has 4 N–H and O–H groups in total. The van der Waals surface area contributed by atoms with E-state index in [-0.39, 0.29) is 18.8 Å². The summed E-state index contributed by atoms with van der Waals surface area (Å²) in [5.74, 6) is -0.132. The van der Waals surface area contributed by atoms with Crippen LogP contribution >= 0.6 is 0 Å². The second-order valence-electron chi connectivity index (χ2n) is 10.5. The number of amides is 2. The number of aliphatic hydroxyl groups is 1. The number of carbonyl (C=O) groups excluding carboxylic acids is 3. The molecule has 0 radical (unpaired) electrons. The largest absolute Gasteiger partial charge is 0.497 e. The summed E-state index contributed by atoms with van der Waals surface area (Å²) in [5.41, 5.74) is 0.254. The van der Waals surface area contributed by atoms with Crippen LogP contribution in [-0.2, 0) is 27.2 Å². The Bertz CT molecular complexity index is 1090. The van der Waals surface area contributed by atoms with Gasteiger partial charge in [0.2, 0.25) is 11.8 Å². The number of ketones is 1. The number of rotatable bonds is 12. The Morgan fingerprint density at radius 3 is 2.16 bits per heavy atom. The summed E-state index contributed by atoms with van der Waals surface area (Å²) in [7, 11) is 1.58. The summed E-state index contributed by atoms with van der Waals surface area (Å²) in [6.45, 7) is 2.20. The summed E-state index contributed by atoms with van der Waals surface area (Å²) in [4.78, 5) is 40.4. The molecule has 2 aliphatic rings. The molecule has 3 unspecified atom stereocenters. The van der Waals surface area contributed by atoms with Crippen LogP contribution in [-0.4, -0.2) is 60.6 Å². The third-order valence-electron chi connectivity index (χ3n) is 7.68. The topological polar surface area (TPSA) is 117 Å². The van der Waals surface area contributed by atoms with Crippen molar-refractivity contribution in [3.63, 3.8) is 0 Å². The number of Topliss-reactive ketones (excluding diaryl/α,β-unsaturated/α-hetero) is 1. The fourth-order valence-electron chi connectivity index (χ4n) is 4.90. The molecule has 8 heteroatoms. The minimum Gasteiger partial charge on any atom is -0.497 e. The first-order valence-corrected chi connectivity index (χ1v) is 13.0. The first-order chi connectivity index (χ1) is 17.8. The van der Waals surface area contributed by atoms with Crippen molar-refractivity contribution in [2.45, 2.75) is 63.1 Å². The van der Waals surface area contributed by atoms with Gasteiger partial charge in [0.25, 0.3) is 0 Å². The van der Waals surface area contributed by atoms with E-state index in [0.29, 0.717) is 25.1 Å². The zero-order valence-corrected chi connectivity index (χ0v) is 21.6. The zero-order chi connectivity index (χ0) is 26.5. The molecule has 1 saturated heterocycles. The average Bonchev–Trinajstić information content (AvgIpc) is 3.47. The molecule has 0 aromatic heterocycles. The molecular formula is C29H37N3O5. The van der Waals surface area contributed by atoms with Crippen molar-refractivity contribution in [3.8, 4) is 5.75 Å². The molecule has 1 aliphatic carbocycles. The molecule has 198 valence electrons. The van der Waals surface area contributed by atoms with Crippen molar-refractivity contribution < 1.29 is 24.2 Å². The van der Waals surface area contributed by atoms with Gasteiger partial charge in [-0.05, 0) is 61.9 Å². The van der Waals surface area contributed by atoms with Gasteiger partial charge in [-0.25, -0.2) is 0 Å². The van der Waals surface area contributed by atoms with E-state index in [0.717, 1.165) is 30.4 Å². The molecule has 2 aromatic carbocycles. The molecular weight excluding hydrogens is 470 g/mol. The average molecular weight is 508 g/mol. The van der Waals surface area contributed by atoms with Crippen LogP contribution in [0, 0.1) is 5.41 Å². The fraction of sp³-hybridized carbons (Fsp3) is 0.483. The molecule has 4 rings (SSSR count). The monoisotopic (exact) mass is 507 g/mol. The molecule has 2 amide bonds. The van der Waals surface area contributed by atoms with E-state index in [9.17, 15) is 19.5 Å². The van der Waals surface area contributed by atoms with E-state index in [4.69, 9.17) is 4.74 Å². The molecule has 0 bridgehead atoms. The second kappa shape index (κ2) is 11.4. The maximum Gasteiger partial charge on any atom is 0.243 e. The Morgan fingerprint density at radius 2 is 1.59 bits per heavy atom. The fourth-order valence-corrected chi connectivity index (χ4v) is 4.90. The minimum absolute atomic E-state index is 0.0171.